The van der Waals surface area contributed by atoms with Gasteiger partial charge in [-0.25, -0.2) is 9.37 Å². The molecule has 0 aliphatic rings. The third-order valence-electron chi connectivity index (χ3n) is 2.43. The zero-order valence-corrected chi connectivity index (χ0v) is 10.4. The SMILES string of the molecule is NC(=NO)c1cccc(Oc2ccc([N+](=O)[O-])cc2F)n1. The quantitative estimate of drug-likeness (QED) is 0.292. The second kappa shape index (κ2) is 5.82. The third-order valence-corrected chi connectivity index (χ3v) is 2.43. The van der Waals surface area contributed by atoms with E-state index in [0.29, 0.717) is 0 Å². The third kappa shape index (κ3) is 3.21. The van der Waals surface area contributed by atoms with Crippen LogP contribution in [0.15, 0.2) is 41.6 Å². The van der Waals surface area contributed by atoms with Crippen molar-refractivity contribution < 1.29 is 19.3 Å². The van der Waals surface area contributed by atoms with Crippen molar-refractivity contribution in [3.05, 3.63) is 58.0 Å². The molecule has 0 fully saturated rings. The van der Waals surface area contributed by atoms with Crippen LogP contribution >= 0.6 is 0 Å². The van der Waals surface area contributed by atoms with Crippen LogP contribution in [-0.4, -0.2) is 21.0 Å². The maximum absolute atomic E-state index is 13.7. The number of pyridine rings is 1. The first-order chi connectivity index (χ1) is 10.0. The Hall–Kier alpha value is -3.23. The summed E-state index contributed by atoms with van der Waals surface area (Å²) in [5, 5.41) is 21.8. The van der Waals surface area contributed by atoms with Crippen LogP contribution in [0.1, 0.15) is 5.69 Å². The highest BCUT2D eigenvalue weighted by Crippen LogP contribution is 2.26. The molecule has 0 saturated heterocycles. The van der Waals surface area contributed by atoms with Crippen molar-refractivity contribution in [3.63, 3.8) is 0 Å². The summed E-state index contributed by atoms with van der Waals surface area (Å²) in [6, 6.07) is 7.36. The van der Waals surface area contributed by atoms with Crippen LogP contribution in [0.4, 0.5) is 10.1 Å². The monoisotopic (exact) mass is 292 g/mol. The van der Waals surface area contributed by atoms with Crippen molar-refractivity contribution in [1.82, 2.24) is 4.98 Å². The predicted octanol–water partition coefficient (Wildman–Crippen LogP) is 2.02. The van der Waals surface area contributed by atoms with Crippen LogP contribution < -0.4 is 10.5 Å². The number of oxime groups is 1. The van der Waals surface area contributed by atoms with Gasteiger partial charge in [-0.3, -0.25) is 10.1 Å². The maximum Gasteiger partial charge on any atom is 0.272 e. The van der Waals surface area contributed by atoms with E-state index >= 15 is 0 Å². The van der Waals surface area contributed by atoms with E-state index in [1.54, 1.807) is 0 Å². The molecular weight excluding hydrogens is 283 g/mol. The Kier molecular flexibility index (Phi) is 3.93. The molecular formula is C12H9FN4O4. The maximum atomic E-state index is 13.7. The first-order valence-corrected chi connectivity index (χ1v) is 5.58. The Morgan fingerprint density at radius 1 is 1.43 bits per heavy atom. The van der Waals surface area contributed by atoms with E-state index in [2.05, 4.69) is 10.1 Å². The topological polar surface area (TPSA) is 124 Å². The minimum absolute atomic E-state index is 0.00754. The van der Waals surface area contributed by atoms with Crippen molar-refractivity contribution in [2.75, 3.05) is 0 Å². The minimum Gasteiger partial charge on any atom is -0.436 e. The van der Waals surface area contributed by atoms with Gasteiger partial charge in [0, 0.05) is 12.1 Å². The first-order valence-electron chi connectivity index (χ1n) is 5.58. The van der Waals surface area contributed by atoms with Crippen LogP contribution in [0.3, 0.4) is 0 Å². The van der Waals surface area contributed by atoms with Gasteiger partial charge >= 0.3 is 0 Å². The Balaban J connectivity index is 2.28. The first kappa shape index (κ1) is 14.2. The number of amidine groups is 1. The molecule has 1 heterocycles. The highest BCUT2D eigenvalue weighted by molar-refractivity contribution is 5.95. The summed E-state index contributed by atoms with van der Waals surface area (Å²) < 4.78 is 18.9. The molecule has 2 aromatic rings. The summed E-state index contributed by atoms with van der Waals surface area (Å²) >= 11 is 0. The number of ether oxygens (including phenoxy) is 1. The Morgan fingerprint density at radius 3 is 2.81 bits per heavy atom. The molecule has 0 bridgehead atoms. The number of non-ortho nitro benzene ring substituents is 1. The van der Waals surface area contributed by atoms with E-state index in [9.17, 15) is 14.5 Å². The van der Waals surface area contributed by atoms with E-state index < -0.39 is 16.4 Å². The molecule has 0 amide bonds. The zero-order chi connectivity index (χ0) is 15.4. The van der Waals surface area contributed by atoms with Crippen LogP contribution in [0.25, 0.3) is 0 Å². The van der Waals surface area contributed by atoms with Crippen molar-refractivity contribution >= 4 is 11.5 Å². The molecule has 0 aliphatic carbocycles. The summed E-state index contributed by atoms with van der Waals surface area (Å²) in [5.74, 6) is -1.37. The van der Waals surface area contributed by atoms with E-state index in [4.69, 9.17) is 15.7 Å². The highest BCUT2D eigenvalue weighted by atomic mass is 19.1. The molecule has 0 radical (unpaired) electrons. The minimum atomic E-state index is -0.903. The van der Waals surface area contributed by atoms with Gasteiger partial charge in [0.1, 0.15) is 5.69 Å². The molecule has 8 nitrogen and oxygen atoms in total. The molecule has 0 unspecified atom stereocenters. The van der Waals surface area contributed by atoms with Crippen molar-refractivity contribution in [2.24, 2.45) is 10.9 Å². The lowest BCUT2D eigenvalue weighted by atomic mass is 10.3. The van der Waals surface area contributed by atoms with Crippen LogP contribution in [0.2, 0.25) is 0 Å². The largest absolute Gasteiger partial charge is 0.436 e. The van der Waals surface area contributed by atoms with Gasteiger partial charge < -0.3 is 15.7 Å². The average molecular weight is 292 g/mol. The number of aromatic nitrogens is 1. The molecule has 21 heavy (non-hydrogen) atoms. The standard InChI is InChI=1S/C12H9FN4O4/c13-8-6-7(17(19)20)4-5-10(8)21-11-3-1-2-9(15-11)12(14)16-18/h1-6,18H,(H2,14,16). The number of nitro groups is 1. The lowest BCUT2D eigenvalue weighted by Gasteiger charge is -2.06. The molecule has 0 aliphatic heterocycles. The van der Waals surface area contributed by atoms with E-state index in [0.717, 1.165) is 18.2 Å². The number of nitrogens with zero attached hydrogens (tertiary/aromatic N) is 3. The Bertz CT molecular complexity index is 720. The van der Waals surface area contributed by atoms with Crippen molar-refractivity contribution in [1.29, 1.82) is 0 Å². The lowest BCUT2D eigenvalue weighted by molar-refractivity contribution is -0.385. The summed E-state index contributed by atoms with van der Waals surface area (Å²) in [6.45, 7) is 0. The molecule has 1 aromatic heterocycles. The van der Waals surface area contributed by atoms with Crippen LogP contribution in [0, 0.1) is 15.9 Å². The number of rotatable bonds is 4. The normalized spacial score (nSPS) is 11.2. The van der Waals surface area contributed by atoms with Crippen molar-refractivity contribution in [2.45, 2.75) is 0 Å². The zero-order valence-electron chi connectivity index (χ0n) is 10.4. The van der Waals surface area contributed by atoms with Gasteiger partial charge in [0.15, 0.2) is 17.4 Å². The number of benzene rings is 1. The predicted molar refractivity (Wildman–Crippen MR) is 69.9 cm³/mol. The smallest absolute Gasteiger partial charge is 0.272 e. The van der Waals surface area contributed by atoms with Crippen LogP contribution in [-0.2, 0) is 0 Å². The van der Waals surface area contributed by atoms with Gasteiger partial charge in [0.05, 0.1) is 11.0 Å². The second-order valence-electron chi connectivity index (χ2n) is 3.82. The summed E-state index contributed by atoms with van der Waals surface area (Å²) in [5.41, 5.74) is 5.12. The fraction of sp³-hybridized carbons (Fsp3) is 0. The van der Waals surface area contributed by atoms with Gasteiger partial charge in [0.2, 0.25) is 5.88 Å². The van der Waals surface area contributed by atoms with E-state index in [1.165, 1.54) is 18.2 Å². The molecule has 108 valence electrons. The molecule has 9 heteroatoms. The van der Waals surface area contributed by atoms with Gasteiger partial charge in [-0.2, -0.15) is 0 Å². The number of nitro benzene ring substituents is 1. The average Bonchev–Trinajstić information content (AvgIpc) is 2.48. The van der Waals surface area contributed by atoms with Gasteiger partial charge in [-0.1, -0.05) is 11.2 Å². The molecule has 3 N–H and O–H groups in total. The second-order valence-corrected chi connectivity index (χ2v) is 3.82. The molecule has 0 spiro atoms. The summed E-state index contributed by atoms with van der Waals surface area (Å²) in [6.07, 6.45) is 0. The Labute approximate surface area is 117 Å². The molecule has 1 aromatic carbocycles. The molecule has 2 rings (SSSR count). The summed E-state index contributed by atoms with van der Waals surface area (Å²) in [7, 11) is 0. The van der Waals surface area contributed by atoms with Gasteiger partial charge in [-0.15, -0.1) is 0 Å². The summed E-state index contributed by atoms with van der Waals surface area (Å²) in [4.78, 5) is 13.7. The van der Waals surface area contributed by atoms with E-state index in [-0.39, 0.29) is 23.2 Å². The van der Waals surface area contributed by atoms with E-state index in [1.807, 2.05) is 0 Å². The lowest BCUT2D eigenvalue weighted by Crippen LogP contribution is -2.14. The van der Waals surface area contributed by atoms with Crippen LogP contribution in [0.5, 0.6) is 11.6 Å². The van der Waals surface area contributed by atoms with Gasteiger partial charge in [0.25, 0.3) is 5.69 Å². The molecule has 0 saturated carbocycles. The fourth-order valence-corrected chi connectivity index (χ4v) is 1.46. The fourth-order valence-electron chi connectivity index (χ4n) is 1.46. The number of hydrogen-bond donors (Lipinski definition) is 2. The molecule has 0 atom stereocenters. The van der Waals surface area contributed by atoms with Gasteiger partial charge in [-0.05, 0) is 12.1 Å². The highest BCUT2D eigenvalue weighted by Gasteiger charge is 2.13. The Morgan fingerprint density at radius 2 is 2.19 bits per heavy atom. The van der Waals surface area contributed by atoms with Crippen molar-refractivity contribution in [3.8, 4) is 11.6 Å². The number of halogens is 1. The number of hydrogen-bond acceptors (Lipinski definition) is 6. The number of nitrogens with two attached hydrogens (primary N) is 1.